The Bertz CT molecular complexity index is 549. The lowest BCUT2D eigenvalue weighted by Crippen LogP contribution is -1.86. The highest BCUT2D eigenvalue weighted by Gasteiger charge is 2.01. The van der Waals surface area contributed by atoms with Crippen LogP contribution >= 0.6 is 0 Å². The van der Waals surface area contributed by atoms with Gasteiger partial charge in [0.15, 0.2) is 0 Å². The van der Waals surface area contributed by atoms with Crippen molar-refractivity contribution in [1.29, 1.82) is 10.5 Å². The van der Waals surface area contributed by atoms with Crippen molar-refractivity contribution in [1.82, 2.24) is 9.97 Å². The zero-order valence-electron chi connectivity index (χ0n) is 8.25. The Morgan fingerprint density at radius 3 is 1.56 bits per heavy atom. The Balaban J connectivity index is 2.51. The molecular formula is C12H6N4. The van der Waals surface area contributed by atoms with Crippen molar-refractivity contribution >= 4 is 0 Å². The molecule has 0 aliphatic rings. The van der Waals surface area contributed by atoms with Gasteiger partial charge in [-0.25, -0.2) is 0 Å². The van der Waals surface area contributed by atoms with Crippen LogP contribution in [-0.2, 0) is 0 Å². The number of rotatable bonds is 1. The minimum Gasteiger partial charge on any atom is -0.263 e. The van der Waals surface area contributed by atoms with Crippen LogP contribution in [0.1, 0.15) is 11.1 Å². The molecule has 0 aliphatic heterocycles. The molecule has 0 atom stereocenters. The van der Waals surface area contributed by atoms with Gasteiger partial charge in [-0.3, -0.25) is 9.97 Å². The van der Waals surface area contributed by atoms with E-state index in [0.29, 0.717) is 11.1 Å². The summed E-state index contributed by atoms with van der Waals surface area (Å²) in [4.78, 5) is 7.91. The number of aromatic nitrogens is 2. The molecule has 0 saturated carbocycles. The van der Waals surface area contributed by atoms with E-state index in [-0.39, 0.29) is 0 Å². The molecule has 0 saturated heterocycles. The Morgan fingerprint density at radius 1 is 0.750 bits per heavy atom. The lowest BCUT2D eigenvalue weighted by atomic mass is 10.1. The Kier molecular flexibility index (Phi) is 2.58. The van der Waals surface area contributed by atoms with E-state index in [4.69, 9.17) is 10.5 Å². The van der Waals surface area contributed by atoms with E-state index in [2.05, 4.69) is 9.97 Å². The van der Waals surface area contributed by atoms with E-state index in [0.717, 1.165) is 11.1 Å². The number of nitriles is 2. The van der Waals surface area contributed by atoms with Gasteiger partial charge in [-0.05, 0) is 12.1 Å². The van der Waals surface area contributed by atoms with E-state index in [1.807, 2.05) is 12.1 Å². The average molecular weight is 206 g/mol. The molecule has 16 heavy (non-hydrogen) atoms. The van der Waals surface area contributed by atoms with Crippen molar-refractivity contribution in [3.8, 4) is 23.3 Å². The second-order valence-electron chi connectivity index (χ2n) is 3.15. The van der Waals surface area contributed by atoms with Crippen molar-refractivity contribution in [2.75, 3.05) is 0 Å². The standard InChI is InChI=1S/C12H6N4/c13-3-9-1-11(7-15-5-9)12-2-10(4-14)6-16-8-12/h1-2,5-8H. The van der Waals surface area contributed by atoms with Gasteiger partial charge < -0.3 is 0 Å². The van der Waals surface area contributed by atoms with Gasteiger partial charge in [0.05, 0.1) is 11.1 Å². The summed E-state index contributed by atoms with van der Waals surface area (Å²) in [6.45, 7) is 0. The molecule has 4 nitrogen and oxygen atoms in total. The van der Waals surface area contributed by atoms with Gasteiger partial charge >= 0.3 is 0 Å². The van der Waals surface area contributed by atoms with E-state index in [1.54, 1.807) is 24.5 Å². The fourth-order valence-electron chi connectivity index (χ4n) is 1.32. The molecule has 0 aliphatic carbocycles. The molecule has 0 radical (unpaired) electrons. The normalized spacial score (nSPS) is 9.12. The zero-order valence-corrected chi connectivity index (χ0v) is 8.25. The smallest absolute Gasteiger partial charge is 0.101 e. The first kappa shape index (κ1) is 9.82. The molecule has 4 heteroatoms. The van der Waals surface area contributed by atoms with Gasteiger partial charge in [0.2, 0.25) is 0 Å². The average Bonchev–Trinajstić information content (AvgIpc) is 2.39. The van der Waals surface area contributed by atoms with E-state index >= 15 is 0 Å². The summed E-state index contributed by atoms with van der Waals surface area (Å²) in [5, 5.41) is 17.5. The van der Waals surface area contributed by atoms with Gasteiger partial charge in [0.25, 0.3) is 0 Å². The highest BCUT2D eigenvalue weighted by Crippen LogP contribution is 2.18. The molecule has 74 valence electrons. The third-order valence-electron chi connectivity index (χ3n) is 2.07. The fourth-order valence-corrected chi connectivity index (χ4v) is 1.32. The van der Waals surface area contributed by atoms with Gasteiger partial charge in [-0.15, -0.1) is 0 Å². The predicted molar refractivity (Wildman–Crippen MR) is 56.9 cm³/mol. The Hall–Kier alpha value is -2.72. The summed E-state index contributed by atoms with van der Waals surface area (Å²) < 4.78 is 0. The molecule has 0 amide bonds. The molecule has 0 spiro atoms. The summed E-state index contributed by atoms with van der Waals surface area (Å²) in [6.07, 6.45) is 6.26. The van der Waals surface area contributed by atoms with Crippen LogP contribution in [0.5, 0.6) is 0 Å². The molecule has 0 N–H and O–H groups in total. The second-order valence-corrected chi connectivity index (χ2v) is 3.15. The van der Waals surface area contributed by atoms with Crippen molar-refractivity contribution < 1.29 is 0 Å². The SMILES string of the molecule is N#Cc1cncc(-c2cncc(C#N)c2)c1. The van der Waals surface area contributed by atoms with Crippen LogP contribution in [0.4, 0.5) is 0 Å². The quantitative estimate of drug-likeness (QED) is 0.714. The molecule has 2 heterocycles. The van der Waals surface area contributed by atoms with Crippen LogP contribution < -0.4 is 0 Å². The maximum atomic E-state index is 8.75. The summed E-state index contributed by atoms with van der Waals surface area (Å²) in [5.74, 6) is 0. The first-order chi connectivity index (χ1) is 7.83. The maximum absolute atomic E-state index is 8.75. The first-order valence-corrected chi connectivity index (χ1v) is 4.54. The topological polar surface area (TPSA) is 73.4 Å². The van der Waals surface area contributed by atoms with Gasteiger partial charge in [-0.1, -0.05) is 0 Å². The molecule has 2 rings (SSSR count). The first-order valence-electron chi connectivity index (χ1n) is 4.54. The number of hydrogen-bond acceptors (Lipinski definition) is 4. The molecule has 0 bridgehead atoms. The monoisotopic (exact) mass is 206 g/mol. The van der Waals surface area contributed by atoms with Crippen molar-refractivity contribution in [3.63, 3.8) is 0 Å². The van der Waals surface area contributed by atoms with Crippen LogP contribution in [0.25, 0.3) is 11.1 Å². The van der Waals surface area contributed by atoms with Crippen molar-refractivity contribution in [2.24, 2.45) is 0 Å². The highest BCUT2D eigenvalue weighted by atomic mass is 14.6. The summed E-state index contributed by atoms with van der Waals surface area (Å²) in [5.41, 5.74) is 2.53. The number of nitrogens with zero attached hydrogens (tertiary/aromatic N) is 4. The summed E-state index contributed by atoms with van der Waals surface area (Å²) in [6, 6.07) is 7.46. The van der Waals surface area contributed by atoms with Crippen LogP contribution in [0.15, 0.2) is 36.9 Å². The fraction of sp³-hybridized carbons (Fsp3) is 0. The molecule has 0 fully saturated rings. The molecular weight excluding hydrogens is 200 g/mol. The van der Waals surface area contributed by atoms with E-state index < -0.39 is 0 Å². The van der Waals surface area contributed by atoms with Crippen LogP contribution in [-0.4, -0.2) is 9.97 Å². The molecule has 0 unspecified atom stereocenters. The van der Waals surface area contributed by atoms with Crippen molar-refractivity contribution in [2.45, 2.75) is 0 Å². The lowest BCUT2D eigenvalue weighted by Gasteiger charge is -2.00. The molecule has 2 aromatic heterocycles. The second kappa shape index (κ2) is 4.20. The van der Waals surface area contributed by atoms with Crippen LogP contribution in [0.3, 0.4) is 0 Å². The van der Waals surface area contributed by atoms with E-state index in [9.17, 15) is 0 Å². The summed E-state index contributed by atoms with van der Waals surface area (Å²) >= 11 is 0. The Morgan fingerprint density at radius 2 is 1.19 bits per heavy atom. The predicted octanol–water partition coefficient (Wildman–Crippen LogP) is 1.89. The third-order valence-corrected chi connectivity index (χ3v) is 2.07. The molecule has 0 aromatic carbocycles. The zero-order chi connectivity index (χ0) is 11.4. The third kappa shape index (κ3) is 1.87. The van der Waals surface area contributed by atoms with Gasteiger partial charge in [-0.2, -0.15) is 10.5 Å². The van der Waals surface area contributed by atoms with Crippen LogP contribution in [0, 0.1) is 22.7 Å². The number of pyridine rings is 2. The van der Waals surface area contributed by atoms with Gasteiger partial charge in [0.1, 0.15) is 12.1 Å². The van der Waals surface area contributed by atoms with Crippen LogP contribution in [0.2, 0.25) is 0 Å². The minimum atomic E-state index is 0.486. The van der Waals surface area contributed by atoms with Crippen molar-refractivity contribution in [3.05, 3.63) is 48.0 Å². The maximum Gasteiger partial charge on any atom is 0.101 e. The highest BCUT2D eigenvalue weighted by molar-refractivity contribution is 5.64. The minimum absolute atomic E-state index is 0.486. The molecule has 2 aromatic rings. The largest absolute Gasteiger partial charge is 0.263 e. The number of hydrogen-bond donors (Lipinski definition) is 0. The lowest BCUT2D eigenvalue weighted by molar-refractivity contribution is 1.27. The van der Waals surface area contributed by atoms with Gasteiger partial charge in [0, 0.05) is 35.9 Å². The summed E-state index contributed by atoms with van der Waals surface area (Å²) in [7, 11) is 0. The van der Waals surface area contributed by atoms with E-state index in [1.165, 1.54) is 12.4 Å². The Labute approximate surface area is 92.4 Å².